The van der Waals surface area contributed by atoms with Crippen molar-refractivity contribution in [3.05, 3.63) is 33.8 Å². The number of likely N-dealkylation sites (tertiary alicyclic amines) is 1. The Morgan fingerprint density at radius 2 is 2.10 bits per heavy atom. The molecule has 1 aromatic carbocycles. The second kappa shape index (κ2) is 6.16. The fourth-order valence-corrected chi connectivity index (χ4v) is 2.93. The molecule has 0 aromatic heterocycles. The standard InChI is InChI=1S/C14H14BrClF3NO/c1-8-7-20(5-4-12(8)16)13(21)10-6-9(14(17,18)19)2-3-11(10)15/h2-3,6,8,12H,4-5,7H2,1H3. The van der Waals surface area contributed by atoms with Crippen LogP contribution < -0.4 is 0 Å². The fraction of sp³-hybridized carbons (Fsp3) is 0.500. The lowest BCUT2D eigenvalue weighted by Gasteiger charge is -2.34. The smallest absolute Gasteiger partial charge is 0.338 e. The van der Waals surface area contributed by atoms with E-state index < -0.39 is 17.6 Å². The van der Waals surface area contributed by atoms with Gasteiger partial charge in [-0.3, -0.25) is 4.79 Å². The molecule has 1 heterocycles. The lowest BCUT2D eigenvalue weighted by Crippen LogP contribution is -2.43. The number of hydrogen-bond donors (Lipinski definition) is 0. The first kappa shape index (κ1) is 16.6. The van der Waals surface area contributed by atoms with E-state index >= 15 is 0 Å². The highest BCUT2D eigenvalue weighted by Crippen LogP contribution is 2.33. The molecule has 0 aliphatic carbocycles. The van der Waals surface area contributed by atoms with Crippen molar-refractivity contribution in [1.82, 2.24) is 4.90 Å². The quantitative estimate of drug-likeness (QED) is 0.650. The van der Waals surface area contributed by atoms with Crippen molar-refractivity contribution < 1.29 is 18.0 Å². The number of carbonyl (C=O) groups is 1. The Morgan fingerprint density at radius 1 is 1.43 bits per heavy atom. The molecule has 2 atom stereocenters. The van der Waals surface area contributed by atoms with Gasteiger partial charge in [0.2, 0.25) is 0 Å². The topological polar surface area (TPSA) is 20.3 Å². The van der Waals surface area contributed by atoms with E-state index in [9.17, 15) is 18.0 Å². The van der Waals surface area contributed by atoms with Gasteiger partial charge >= 0.3 is 6.18 Å². The van der Waals surface area contributed by atoms with Crippen molar-refractivity contribution in [3.8, 4) is 0 Å². The van der Waals surface area contributed by atoms with Gasteiger partial charge in [-0.1, -0.05) is 6.92 Å². The van der Waals surface area contributed by atoms with Gasteiger partial charge in [0, 0.05) is 22.9 Å². The first-order valence-electron chi connectivity index (χ1n) is 6.50. The molecule has 7 heteroatoms. The molecule has 1 saturated heterocycles. The SMILES string of the molecule is CC1CN(C(=O)c2cc(C(F)(F)F)ccc2Br)CCC1Cl. The molecule has 1 fully saturated rings. The maximum absolute atomic E-state index is 12.8. The number of carbonyl (C=O) groups excluding carboxylic acids is 1. The molecule has 0 N–H and O–H groups in total. The molecule has 2 rings (SSSR count). The van der Waals surface area contributed by atoms with Crippen LogP contribution in [0.5, 0.6) is 0 Å². The van der Waals surface area contributed by atoms with Crippen LogP contribution in [-0.4, -0.2) is 29.3 Å². The van der Waals surface area contributed by atoms with Gasteiger partial charge in [-0.2, -0.15) is 13.2 Å². The molecule has 1 aromatic rings. The molecule has 21 heavy (non-hydrogen) atoms. The second-order valence-corrected chi connectivity index (χ2v) is 6.64. The predicted octanol–water partition coefficient (Wildman–Crippen LogP) is 4.56. The summed E-state index contributed by atoms with van der Waals surface area (Å²) < 4.78 is 38.6. The summed E-state index contributed by atoms with van der Waals surface area (Å²) in [7, 11) is 0. The summed E-state index contributed by atoms with van der Waals surface area (Å²) in [6, 6.07) is 3.10. The Hall–Kier alpha value is -0.750. The van der Waals surface area contributed by atoms with Crippen LogP contribution in [0, 0.1) is 5.92 Å². The molecule has 2 nitrogen and oxygen atoms in total. The van der Waals surface area contributed by atoms with Crippen molar-refractivity contribution in [2.75, 3.05) is 13.1 Å². The third kappa shape index (κ3) is 3.72. The third-order valence-corrected chi connectivity index (χ3v) is 4.95. The molecular weight excluding hydrogens is 371 g/mol. The van der Waals surface area contributed by atoms with Gasteiger partial charge in [0.1, 0.15) is 0 Å². The minimum atomic E-state index is -4.47. The van der Waals surface area contributed by atoms with E-state index in [1.165, 1.54) is 6.07 Å². The summed E-state index contributed by atoms with van der Waals surface area (Å²) in [5.74, 6) is -0.280. The van der Waals surface area contributed by atoms with Crippen LogP contribution in [0.2, 0.25) is 0 Å². The van der Waals surface area contributed by atoms with E-state index in [4.69, 9.17) is 11.6 Å². The van der Waals surface area contributed by atoms with E-state index in [0.717, 1.165) is 12.1 Å². The Balaban J connectivity index is 2.27. The predicted molar refractivity (Wildman–Crippen MR) is 78.5 cm³/mol. The zero-order valence-corrected chi connectivity index (χ0v) is 13.6. The van der Waals surface area contributed by atoms with Gasteiger partial charge in [0.25, 0.3) is 5.91 Å². The maximum Gasteiger partial charge on any atom is 0.416 e. The van der Waals surface area contributed by atoms with E-state index in [-0.39, 0.29) is 16.9 Å². The second-order valence-electron chi connectivity index (χ2n) is 5.23. The van der Waals surface area contributed by atoms with Crippen LogP contribution in [-0.2, 0) is 6.18 Å². The monoisotopic (exact) mass is 383 g/mol. The Morgan fingerprint density at radius 3 is 2.67 bits per heavy atom. The molecule has 116 valence electrons. The van der Waals surface area contributed by atoms with Crippen molar-refractivity contribution >= 4 is 33.4 Å². The van der Waals surface area contributed by atoms with Gasteiger partial charge < -0.3 is 4.90 Å². The zero-order chi connectivity index (χ0) is 15.8. The third-order valence-electron chi connectivity index (χ3n) is 3.61. The summed E-state index contributed by atoms with van der Waals surface area (Å²) >= 11 is 9.25. The van der Waals surface area contributed by atoms with Gasteiger partial charge in [-0.15, -0.1) is 11.6 Å². The number of halogens is 5. The largest absolute Gasteiger partial charge is 0.416 e. The van der Waals surface area contributed by atoms with Crippen LogP contribution in [0.3, 0.4) is 0 Å². The summed E-state index contributed by atoms with van der Waals surface area (Å²) in [5.41, 5.74) is -0.792. The number of alkyl halides is 4. The van der Waals surface area contributed by atoms with Crippen molar-refractivity contribution in [1.29, 1.82) is 0 Å². The highest BCUT2D eigenvalue weighted by atomic mass is 79.9. The molecule has 0 saturated carbocycles. The van der Waals surface area contributed by atoms with Crippen LogP contribution >= 0.6 is 27.5 Å². The minimum Gasteiger partial charge on any atom is -0.338 e. The van der Waals surface area contributed by atoms with E-state index in [0.29, 0.717) is 24.0 Å². The highest BCUT2D eigenvalue weighted by Gasteiger charge is 2.33. The first-order chi connectivity index (χ1) is 9.70. The number of piperidine rings is 1. The minimum absolute atomic E-state index is 0.000926. The fourth-order valence-electron chi connectivity index (χ4n) is 2.34. The summed E-state index contributed by atoms with van der Waals surface area (Å²) in [4.78, 5) is 14.0. The zero-order valence-electron chi connectivity index (χ0n) is 11.3. The van der Waals surface area contributed by atoms with Crippen molar-refractivity contribution in [3.63, 3.8) is 0 Å². The summed E-state index contributed by atoms with van der Waals surface area (Å²) in [6.45, 7) is 2.84. The van der Waals surface area contributed by atoms with E-state index in [1.807, 2.05) is 6.92 Å². The average molecular weight is 385 g/mol. The van der Waals surface area contributed by atoms with Crippen LogP contribution in [0.15, 0.2) is 22.7 Å². The molecule has 1 amide bonds. The number of rotatable bonds is 1. The number of nitrogens with zero attached hydrogens (tertiary/aromatic N) is 1. The van der Waals surface area contributed by atoms with Crippen LogP contribution in [0.25, 0.3) is 0 Å². The Labute approximate surface area is 134 Å². The van der Waals surface area contributed by atoms with Crippen molar-refractivity contribution in [2.24, 2.45) is 5.92 Å². The number of hydrogen-bond acceptors (Lipinski definition) is 1. The Bertz CT molecular complexity index is 550. The highest BCUT2D eigenvalue weighted by molar-refractivity contribution is 9.10. The van der Waals surface area contributed by atoms with E-state index in [1.54, 1.807) is 4.90 Å². The van der Waals surface area contributed by atoms with Gasteiger partial charge in [0.15, 0.2) is 0 Å². The number of benzene rings is 1. The first-order valence-corrected chi connectivity index (χ1v) is 7.73. The average Bonchev–Trinajstić information content (AvgIpc) is 2.40. The molecule has 2 unspecified atom stereocenters. The maximum atomic E-state index is 12.8. The molecule has 1 aliphatic rings. The van der Waals surface area contributed by atoms with Gasteiger partial charge in [-0.05, 0) is 46.5 Å². The summed E-state index contributed by atoms with van der Waals surface area (Å²) in [6.07, 6.45) is -3.82. The lowest BCUT2D eigenvalue weighted by atomic mass is 9.98. The lowest BCUT2D eigenvalue weighted by molar-refractivity contribution is -0.137. The molecule has 1 aliphatic heterocycles. The Kier molecular flexibility index (Phi) is 4.88. The normalized spacial score (nSPS) is 23.2. The molecule has 0 spiro atoms. The van der Waals surface area contributed by atoms with Crippen molar-refractivity contribution in [2.45, 2.75) is 24.9 Å². The van der Waals surface area contributed by atoms with E-state index in [2.05, 4.69) is 15.9 Å². The molecule has 0 bridgehead atoms. The van der Waals surface area contributed by atoms with Crippen LogP contribution in [0.1, 0.15) is 29.3 Å². The number of amides is 1. The van der Waals surface area contributed by atoms with Crippen LogP contribution in [0.4, 0.5) is 13.2 Å². The molecule has 0 radical (unpaired) electrons. The van der Waals surface area contributed by atoms with Gasteiger partial charge in [-0.25, -0.2) is 0 Å². The summed E-state index contributed by atoms with van der Waals surface area (Å²) in [5, 5.41) is -0.000926. The van der Waals surface area contributed by atoms with Gasteiger partial charge in [0.05, 0.1) is 11.1 Å². The molecular formula is C14H14BrClF3NO.